The lowest BCUT2D eigenvalue weighted by Crippen LogP contribution is -2.45. The maximum absolute atomic E-state index is 3.73. The Kier molecular flexibility index (Phi) is 6.15. The van der Waals surface area contributed by atoms with Crippen LogP contribution in [0.25, 0.3) is 0 Å². The molecule has 0 heterocycles. The second kappa shape index (κ2) is 7.64. The van der Waals surface area contributed by atoms with Crippen molar-refractivity contribution in [2.24, 2.45) is 17.8 Å². The first-order valence-corrected chi connectivity index (χ1v) is 8.61. The van der Waals surface area contributed by atoms with E-state index in [0.29, 0.717) is 0 Å². The van der Waals surface area contributed by atoms with Gasteiger partial charge in [-0.05, 0) is 63.5 Å². The molecule has 0 aromatic heterocycles. The number of nitrogens with zero attached hydrogens (tertiary/aromatic N) is 1. The molecular weight excluding hydrogens is 232 g/mol. The Morgan fingerprint density at radius 1 is 1.05 bits per heavy atom. The first-order chi connectivity index (χ1) is 9.19. The second-order valence-electron chi connectivity index (χ2n) is 7.21. The van der Waals surface area contributed by atoms with E-state index in [1.54, 1.807) is 0 Å². The largest absolute Gasteiger partial charge is 0.314 e. The van der Waals surface area contributed by atoms with Crippen LogP contribution in [0.1, 0.15) is 58.8 Å². The SMILES string of the molecule is CCNC1CCC(C)CC1CN(C)CC1CCCC1. The van der Waals surface area contributed by atoms with E-state index in [1.807, 2.05) is 0 Å². The molecule has 0 aromatic rings. The summed E-state index contributed by atoms with van der Waals surface area (Å²) in [6.45, 7) is 8.45. The molecule has 0 spiro atoms. The van der Waals surface area contributed by atoms with Crippen LogP contribution in [0.4, 0.5) is 0 Å². The molecule has 0 saturated heterocycles. The highest BCUT2D eigenvalue weighted by atomic mass is 15.1. The molecule has 0 bridgehead atoms. The molecule has 3 atom stereocenters. The monoisotopic (exact) mass is 266 g/mol. The molecule has 3 unspecified atom stereocenters. The second-order valence-corrected chi connectivity index (χ2v) is 7.21. The van der Waals surface area contributed by atoms with Gasteiger partial charge in [-0.15, -0.1) is 0 Å². The molecule has 2 fully saturated rings. The highest BCUT2D eigenvalue weighted by Crippen LogP contribution is 2.30. The van der Waals surface area contributed by atoms with Crippen molar-refractivity contribution in [3.8, 4) is 0 Å². The normalized spacial score (nSPS) is 33.2. The van der Waals surface area contributed by atoms with Gasteiger partial charge in [-0.25, -0.2) is 0 Å². The van der Waals surface area contributed by atoms with Crippen molar-refractivity contribution < 1.29 is 0 Å². The molecule has 1 N–H and O–H groups in total. The van der Waals surface area contributed by atoms with Gasteiger partial charge >= 0.3 is 0 Å². The molecule has 0 amide bonds. The summed E-state index contributed by atoms with van der Waals surface area (Å²) in [7, 11) is 2.35. The maximum Gasteiger partial charge on any atom is 0.0108 e. The van der Waals surface area contributed by atoms with E-state index in [-0.39, 0.29) is 0 Å². The van der Waals surface area contributed by atoms with Crippen LogP contribution in [0.15, 0.2) is 0 Å². The van der Waals surface area contributed by atoms with Gasteiger partial charge in [-0.2, -0.15) is 0 Å². The third-order valence-corrected chi connectivity index (χ3v) is 5.30. The van der Waals surface area contributed by atoms with Gasteiger partial charge in [0.2, 0.25) is 0 Å². The van der Waals surface area contributed by atoms with Crippen molar-refractivity contribution in [3.63, 3.8) is 0 Å². The van der Waals surface area contributed by atoms with Crippen LogP contribution in [0.5, 0.6) is 0 Å². The molecule has 2 aliphatic rings. The lowest BCUT2D eigenvalue weighted by atomic mass is 9.78. The van der Waals surface area contributed by atoms with Gasteiger partial charge in [0.15, 0.2) is 0 Å². The number of nitrogens with one attached hydrogen (secondary N) is 1. The Morgan fingerprint density at radius 2 is 1.79 bits per heavy atom. The van der Waals surface area contributed by atoms with E-state index in [4.69, 9.17) is 0 Å². The highest BCUT2D eigenvalue weighted by Gasteiger charge is 2.29. The van der Waals surface area contributed by atoms with E-state index >= 15 is 0 Å². The van der Waals surface area contributed by atoms with Crippen LogP contribution in [0, 0.1) is 17.8 Å². The Hall–Kier alpha value is -0.0800. The van der Waals surface area contributed by atoms with Gasteiger partial charge < -0.3 is 10.2 Å². The van der Waals surface area contributed by atoms with Crippen molar-refractivity contribution in [2.75, 3.05) is 26.7 Å². The number of rotatable bonds is 6. The Morgan fingerprint density at radius 3 is 2.47 bits per heavy atom. The van der Waals surface area contributed by atoms with E-state index in [1.165, 1.54) is 58.0 Å². The number of hydrogen-bond acceptors (Lipinski definition) is 2. The van der Waals surface area contributed by atoms with Crippen LogP contribution in [-0.4, -0.2) is 37.6 Å². The van der Waals surface area contributed by atoms with Gasteiger partial charge in [0, 0.05) is 19.1 Å². The zero-order valence-corrected chi connectivity index (χ0v) is 13.3. The Labute approximate surface area is 120 Å². The summed E-state index contributed by atoms with van der Waals surface area (Å²) in [6.07, 6.45) is 10.1. The predicted octanol–water partition coefficient (Wildman–Crippen LogP) is 3.52. The molecule has 112 valence electrons. The van der Waals surface area contributed by atoms with Crippen LogP contribution in [-0.2, 0) is 0 Å². The van der Waals surface area contributed by atoms with Crippen LogP contribution < -0.4 is 5.32 Å². The minimum absolute atomic E-state index is 0.771. The zero-order valence-electron chi connectivity index (χ0n) is 13.3. The summed E-state index contributed by atoms with van der Waals surface area (Å²) in [5.41, 5.74) is 0. The van der Waals surface area contributed by atoms with Crippen LogP contribution in [0.3, 0.4) is 0 Å². The smallest absolute Gasteiger partial charge is 0.0108 e. The summed E-state index contributed by atoms with van der Waals surface area (Å²) in [5, 5.41) is 3.73. The summed E-state index contributed by atoms with van der Waals surface area (Å²) in [6, 6.07) is 0.771. The average Bonchev–Trinajstić information content (AvgIpc) is 2.85. The van der Waals surface area contributed by atoms with Gasteiger partial charge in [0.25, 0.3) is 0 Å². The summed E-state index contributed by atoms with van der Waals surface area (Å²) in [5.74, 6) is 2.79. The van der Waals surface area contributed by atoms with Crippen molar-refractivity contribution in [3.05, 3.63) is 0 Å². The lowest BCUT2D eigenvalue weighted by molar-refractivity contribution is 0.151. The van der Waals surface area contributed by atoms with E-state index in [9.17, 15) is 0 Å². The number of hydrogen-bond donors (Lipinski definition) is 1. The molecule has 2 rings (SSSR count). The zero-order chi connectivity index (χ0) is 13.7. The minimum Gasteiger partial charge on any atom is -0.314 e. The predicted molar refractivity (Wildman–Crippen MR) is 83.4 cm³/mol. The van der Waals surface area contributed by atoms with Crippen LogP contribution >= 0.6 is 0 Å². The summed E-state index contributed by atoms with van der Waals surface area (Å²) < 4.78 is 0. The molecule has 19 heavy (non-hydrogen) atoms. The maximum atomic E-state index is 3.73. The Bertz CT molecular complexity index is 248. The summed E-state index contributed by atoms with van der Waals surface area (Å²) in [4.78, 5) is 2.63. The Balaban J connectivity index is 1.79. The van der Waals surface area contributed by atoms with Gasteiger partial charge in [-0.1, -0.05) is 26.7 Å². The first kappa shape index (κ1) is 15.3. The first-order valence-electron chi connectivity index (χ1n) is 8.61. The fourth-order valence-corrected chi connectivity index (χ4v) is 4.34. The van der Waals surface area contributed by atoms with E-state index in [0.717, 1.165) is 30.3 Å². The molecule has 0 aromatic carbocycles. The van der Waals surface area contributed by atoms with E-state index in [2.05, 4.69) is 31.1 Å². The topological polar surface area (TPSA) is 15.3 Å². The van der Waals surface area contributed by atoms with Gasteiger partial charge in [0.05, 0.1) is 0 Å². The van der Waals surface area contributed by atoms with Crippen molar-refractivity contribution >= 4 is 0 Å². The van der Waals surface area contributed by atoms with Crippen LogP contribution in [0.2, 0.25) is 0 Å². The van der Waals surface area contributed by atoms with E-state index < -0.39 is 0 Å². The molecule has 2 saturated carbocycles. The van der Waals surface area contributed by atoms with Crippen molar-refractivity contribution in [1.82, 2.24) is 10.2 Å². The van der Waals surface area contributed by atoms with Crippen molar-refractivity contribution in [1.29, 1.82) is 0 Å². The fourth-order valence-electron chi connectivity index (χ4n) is 4.34. The quantitative estimate of drug-likeness (QED) is 0.791. The molecule has 2 heteroatoms. The molecule has 0 radical (unpaired) electrons. The third kappa shape index (κ3) is 4.75. The van der Waals surface area contributed by atoms with Gasteiger partial charge in [0.1, 0.15) is 0 Å². The molecular formula is C17H34N2. The summed E-state index contributed by atoms with van der Waals surface area (Å²) >= 11 is 0. The lowest BCUT2D eigenvalue weighted by Gasteiger charge is -2.38. The molecule has 2 aliphatic carbocycles. The third-order valence-electron chi connectivity index (χ3n) is 5.30. The minimum atomic E-state index is 0.771. The standard InChI is InChI=1S/C17H34N2/c1-4-18-17-10-9-14(2)11-16(17)13-19(3)12-15-7-5-6-8-15/h14-18H,4-13H2,1-3H3. The fraction of sp³-hybridized carbons (Fsp3) is 1.00. The highest BCUT2D eigenvalue weighted by molar-refractivity contribution is 4.85. The average molecular weight is 266 g/mol. The van der Waals surface area contributed by atoms with Gasteiger partial charge in [-0.3, -0.25) is 0 Å². The molecule has 0 aliphatic heterocycles. The molecule has 2 nitrogen and oxygen atoms in total. The van der Waals surface area contributed by atoms with Crippen molar-refractivity contribution in [2.45, 2.75) is 64.8 Å².